The lowest BCUT2D eigenvalue weighted by Crippen LogP contribution is -2.33. The van der Waals surface area contributed by atoms with Crippen molar-refractivity contribution in [2.24, 2.45) is 0 Å². The Bertz CT molecular complexity index is 906. The lowest BCUT2D eigenvalue weighted by molar-refractivity contribution is -0.117. The summed E-state index contributed by atoms with van der Waals surface area (Å²) in [5.74, 6) is 1.98. The molecule has 0 radical (unpaired) electrons. The van der Waals surface area contributed by atoms with E-state index in [1.54, 1.807) is 18.4 Å². The number of oxazole rings is 1. The van der Waals surface area contributed by atoms with Crippen LogP contribution in [0.2, 0.25) is 0 Å². The molecule has 0 aliphatic heterocycles. The molecule has 1 aromatic carbocycles. The van der Waals surface area contributed by atoms with Gasteiger partial charge in [0.2, 0.25) is 11.8 Å². The number of ether oxygens (including phenoxy) is 1. The molecule has 3 rings (SSSR count). The summed E-state index contributed by atoms with van der Waals surface area (Å²) >= 11 is 1.60. The standard InChI is InChI=1S/C21H25N3O3S/c1-4-11-24(14-20(25)22-16-8-5-6-9-18(16)26-3)13-17-15(2)27-21(23-17)19-10-7-12-28-19/h5-10,12H,4,11,13-14H2,1-3H3,(H,22,25). The molecule has 1 N–H and O–H groups in total. The first-order valence-corrected chi connectivity index (χ1v) is 10.1. The van der Waals surface area contributed by atoms with Crippen LogP contribution in [0.1, 0.15) is 24.8 Å². The number of para-hydroxylation sites is 2. The predicted octanol–water partition coefficient (Wildman–Crippen LogP) is 4.57. The summed E-state index contributed by atoms with van der Waals surface area (Å²) < 4.78 is 11.1. The lowest BCUT2D eigenvalue weighted by atomic mass is 10.2. The van der Waals surface area contributed by atoms with Gasteiger partial charge < -0.3 is 14.5 Å². The van der Waals surface area contributed by atoms with Gasteiger partial charge in [-0.05, 0) is 43.5 Å². The van der Waals surface area contributed by atoms with Crippen LogP contribution in [0.15, 0.2) is 46.2 Å². The van der Waals surface area contributed by atoms with Crippen LogP contribution in [0.3, 0.4) is 0 Å². The molecule has 0 bridgehead atoms. The monoisotopic (exact) mass is 399 g/mol. The van der Waals surface area contributed by atoms with Crippen LogP contribution < -0.4 is 10.1 Å². The zero-order valence-corrected chi connectivity index (χ0v) is 17.2. The van der Waals surface area contributed by atoms with Crippen LogP contribution in [-0.2, 0) is 11.3 Å². The predicted molar refractivity (Wildman–Crippen MR) is 112 cm³/mol. The highest BCUT2D eigenvalue weighted by Gasteiger charge is 2.18. The number of nitrogens with zero attached hydrogens (tertiary/aromatic N) is 2. The lowest BCUT2D eigenvalue weighted by Gasteiger charge is -2.20. The number of aromatic nitrogens is 1. The van der Waals surface area contributed by atoms with Crippen LogP contribution in [0.4, 0.5) is 5.69 Å². The average Bonchev–Trinajstić information content (AvgIpc) is 3.33. The second kappa shape index (κ2) is 9.52. The summed E-state index contributed by atoms with van der Waals surface area (Å²) in [7, 11) is 1.59. The van der Waals surface area contributed by atoms with E-state index in [4.69, 9.17) is 9.15 Å². The fourth-order valence-electron chi connectivity index (χ4n) is 2.96. The van der Waals surface area contributed by atoms with Crippen LogP contribution in [0.25, 0.3) is 10.8 Å². The third-order valence-corrected chi connectivity index (χ3v) is 5.14. The van der Waals surface area contributed by atoms with Gasteiger partial charge in [-0.3, -0.25) is 9.69 Å². The van der Waals surface area contributed by atoms with Gasteiger partial charge in [0.1, 0.15) is 11.5 Å². The Morgan fingerprint density at radius 3 is 2.82 bits per heavy atom. The number of nitrogens with one attached hydrogen (secondary N) is 1. The van der Waals surface area contributed by atoms with Crippen molar-refractivity contribution in [1.29, 1.82) is 0 Å². The van der Waals surface area contributed by atoms with Crippen molar-refractivity contribution in [3.05, 3.63) is 53.2 Å². The molecule has 0 fully saturated rings. The fourth-order valence-corrected chi connectivity index (χ4v) is 3.61. The van der Waals surface area contributed by atoms with Crippen molar-refractivity contribution < 1.29 is 13.9 Å². The van der Waals surface area contributed by atoms with Gasteiger partial charge in [0.25, 0.3) is 0 Å². The topological polar surface area (TPSA) is 67.6 Å². The van der Waals surface area contributed by atoms with E-state index in [2.05, 4.69) is 22.1 Å². The molecule has 0 aliphatic carbocycles. The molecule has 2 aromatic heterocycles. The van der Waals surface area contributed by atoms with Gasteiger partial charge in [-0.2, -0.15) is 0 Å². The number of anilines is 1. The number of benzene rings is 1. The minimum absolute atomic E-state index is 0.0856. The highest BCUT2D eigenvalue weighted by Crippen LogP contribution is 2.26. The Labute approximate surface area is 169 Å². The summed E-state index contributed by atoms with van der Waals surface area (Å²) in [6.45, 7) is 5.64. The minimum Gasteiger partial charge on any atom is -0.495 e. The van der Waals surface area contributed by atoms with Gasteiger partial charge in [-0.25, -0.2) is 4.98 Å². The van der Waals surface area contributed by atoms with Gasteiger partial charge in [0, 0.05) is 6.54 Å². The summed E-state index contributed by atoms with van der Waals surface area (Å²) in [6, 6.07) is 11.4. The van der Waals surface area contributed by atoms with Gasteiger partial charge >= 0.3 is 0 Å². The molecule has 148 valence electrons. The smallest absolute Gasteiger partial charge is 0.238 e. The Morgan fingerprint density at radius 1 is 1.29 bits per heavy atom. The molecule has 0 spiro atoms. The van der Waals surface area contributed by atoms with Gasteiger partial charge in [0.05, 0.1) is 29.9 Å². The Kier molecular flexibility index (Phi) is 6.84. The van der Waals surface area contributed by atoms with E-state index in [-0.39, 0.29) is 12.5 Å². The number of amides is 1. The fraction of sp³-hybridized carbons (Fsp3) is 0.333. The van der Waals surface area contributed by atoms with Gasteiger partial charge in [-0.1, -0.05) is 25.1 Å². The molecule has 1 amide bonds. The normalized spacial score (nSPS) is 11.0. The van der Waals surface area contributed by atoms with Crippen molar-refractivity contribution in [3.8, 4) is 16.5 Å². The quantitative estimate of drug-likeness (QED) is 0.571. The van der Waals surface area contributed by atoms with E-state index in [0.29, 0.717) is 23.9 Å². The summed E-state index contributed by atoms with van der Waals surface area (Å²) in [4.78, 5) is 20.3. The Balaban J connectivity index is 1.67. The van der Waals surface area contributed by atoms with E-state index in [9.17, 15) is 4.79 Å². The highest BCUT2D eigenvalue weighted by atomic mass is 32.1. The first-order valence-electron chi connectivity index (χ1n) is 9.26. The van der Waals surface area contributed by atoms with E-state index in [1.165, 1.54) is 0 Å². The third-order valence-electron chi connectivity index (χ3n) is 4.29. The van der Waals surface area contributed by atoms with Crippen molar-refractivity contribution >= 4 is 22.9 Å². The van der Waals surface area contributed by atoms with Crippen molar-refractivity contribution in [2.45, 2.75) is 26.8 Å². The first kappa shape index (κ1) is 20.1. The van der Waals surface area contributed by atoms with Gasteiger partial charge in [-0.15, -0.1) is 11.3 Å². The molecule has 6 nitrogen and oxygen atoms in total. The molecule has 2 heterocycles. The highest BCUT2D eigenvalue weighted by molar-refractivity contribution is 7.13. The van der Waals surface area contributed by atoms with E-state index >= 15 is 0 Å². The van der Waals surface area contributed by atoms with Crippen molar-refractivity contribution in [1.82, 2.24) is 9.88 Å². The Morgan fingerprint density at radius 2 is 2.11 bits per heavy atom. The second-order valence-electron chi connectivity index (χ2n) is 6.46. The van der Waals surface area contributed by atoms with E-state index in [0.717, 1.165) is 29.3 Å². The number of hydrogen-bond acceptors (Lipinski definition) is 6. The van der Waals surface area contributed by atoms with Gasteiger partial charge in [0.15, 0.2) is 0 Å². The SMILES string of the molecule is CCCN(CC(=O)Nc1ccccc1OC)Cc1nc(-c2cccs2)oc1C. The summed E-state index contributed by atoms with van der Waals surface area (Å²) in [5, 5.41) is 4.93. The van der Waals surface area contributed by atoms with Crippen molar-refractivity contribution in [2.75, 3.05) is 25.5 Å². The maximum atomic E-state index is 12.6. The van der Waals surface area contributed by atoms with Crippen LogP contribution in [0.5, 0.6) is 5.75 Å². The molecule has 0 aliphatic rings. The van der Waals surface area contributed by atoms with Crippen molar-refractivity contribution in [3.63, 3.8) is 0 Å². The minimum atomic E-state index is -0.0856. The molecule has 7 heteroatoms. The third kappa shape index (κ3) is 4.99. The molecule has 0 atom stereocenters. The maximum absolute atomic E-state index is 12.6. The number of carbonyl (C=O) groups is 1. The molecule has 0 unspecified atom stereocenters. The average molecular weight is 400 g/mol. The number of thiophene rings is 1. The molecule has 3 aromatic rings. The largest absolute Gasteiger partial charge is 0.495 e. The molecular weight excluding hydrogens is 374 g/mol. The summed E-state index contributed by atoms with van der Waals surface area (Å²) in [5.41, 5.74) is 1.53. The first-order chi connectivity index (χ1) is 13.6. The second-order valence-corrected chi connectivity index (χ2v) is 7.41. The molecule has 28 heavy (non-hydrogen) atoms. The zero-order valence-electron chi connectivity index (χ0n) is 16.4. The number of methoxy groups -OCH3 is 1. The van der Waals surface area contributed by atoms with E-state index in [1.807, 2.05) is 48.7 Å². The van der Waals surface area contributed by atoms with Crippen LogP contribution in [0, 0.1) is 6.92 Å². The molecular formula is C21H25N3O3S. The maximum Gasteiger partial charge on any atom is 0.238 e. The number of carbonyl (C=O) groups excluding carboxylic acids is 1. The zero-order chi connectivity index (χ0) is 19.9. The van der Waals surface area contributed by atoms with Crippen LogP contribution in [-0.4, -0.2) is 36.0 Å². The number of aryl methyl sites for hydroxylation is 1. The summed E-state index contributed by atoms with van der Waals surface area (Å²) in [6.07, 6.45) is 0.941. The van der Waals surface area contributed by atoms with Crippen LogP contribution >= 0.6 is 11.3 Å². The number of rotatable bonds is 9. The number of hydrogen-bond donors (Lipinski definition) is 1. The Hall–Kier alpha value is -2.64. The molecule has 0 saturated carbocycles. The van der Waals surface area contributed by atoms with E-state index < -0.39 is 0 Å². The molecule has 0 saturated heterocycles.